The van der Waals surface area contributed by atoms with Crippen molar-refractivity contribution in [2.75, 3.05) is 0 Å². The SMILES string of the molecule is CC1CCC(C(OO)c2ncc(-c3ccccc3)cn2)CC1. The van der Waals surface area contributed by atoms with Gasteiger partial charge in [-0.25, -0.2) is 14.9 Å². The summed E-state index contributed by atoms with van der Waals surface area (Å²) in [4.78, 5) is 13.6. The Balaban J connectivity index is 1.76. The Bertz CT molecular complexity index is 578. The third-order valence-corrected chi connectivity index (χ3v) is 4.64. The van der Waals surface area contributed by atoms with Crippen molar-refractivity contribution in [3.05, 3.63) is 48.5 Å². The van der Waals surface area contributed by atoms with Gasteiger partial charge in [-0.05, 0) is 30.2 Å². The highest BCUT2D eigenvalue weighted by Gasteiger charge is 2.30. The number of aromatic nitrogens is 2. The van der Waals surface area contributed by atoms with E-state index in [0.717, 1.165) is 29.9 Å². The standard InChI is InChI=1S/C18H22N2O2/c1-13-7-9-15(10-8-13)17(22-21)18-19-11-16(12-20-18)14-5-3-2-4-6-14/h2-6,11-13,15,17,21H,7-10H2,1H3. The molecule has 0 radical (unpaired) electrons. The summed E-state index contributed by atoms with van der Waals surface area (Å²) in [5.41, 5.74) is 2.06. The molecule has 4 nitrogen and oxygen atoms in total. The smallest absolute Gasteiger partial charge is 0.160 e. The second-order valence-electron chi connectivity index (χ2n) is 6.24. The summed E-state index contributed by atoms with van der Waals surface area (Å²) in [6, 6.07) is 10.0. The molecule has 2 aromatic rings. The number of benzene rings is 1. The lowest BCUT2D eigenvalue weighted by atomic mass is 9.80. The monoisotopic (exact) mass is 298 g/mol. The van der Waals surface area contributed by atoms with E-state index < -0.39 is 6.10 Å². The van der Waals surface area contributed by atoms with E-state index in [2.05, 4.69) is 16.9 Å². The topological polar surface area (TPSA) is 55.2 Å². The summed E-state index contributed by atoms with van der Waals surface area (Å²) in [7, 11) is 0. The van der Waals surface area contributed by atoms with Crippen molar-refractivity contribution < 1.29 is 10.1 Å². The lowest BCUT2D eigenvalue weighted by Gasteiger charge is -2.29. The molecule has 1 atom stereocenters. The molecule has 0 saturated heterocycles. The van der Waals surface area contributed by atoms with Gasteiger partial charge in [-0.2, -0.15) is 0 Å². The van der Waals surface area contributed by atoms with Crippen molar-refractivity contribution >= 4 is 0 Å². The van der Waals surface area contributed by atoms with Gasteiger partial charge in [0.15, 0.2) is 11.9 Å². The van der Waals surface area contributed by atoms with Crippen molar-refractivity contribution in [3.8, 4) is 11.1 Å². The Labute approximate surface area is 131 Å². The highest BCUT2D eigenvalue weighted by Crippen LogP contribution is 2.37. The van der Waals surface area contributed by atoms with Crippen LogP contribution in [0.2, 0.25) is 0 Å². The maximum absolute atomic E-state index is 9.30. The van der Waals surface area contributed by atoms with Crippen LogP contribution in [0.3, 0.4) is 0 Å². The van der Waals surface area contributed by atoms with Crippen molar-refractivity contribution in [3.63, 3.8) is 0 Å². The van der Waals surface area contributed by atoms with Gasteiger partial charge in [0.05, 0.1) is 0 Å². The van der Waals surface area contributed by atoms with Crippen molar-refractivity contribution in [2.45, 2.75) is 38.7 Å². The maximum atomic E-state index is 9.30. The summed E-state index contributed by atoms with van der Waals surface area (Å²) in [5, 5.41) is 9.30. The quantitative estimate of drug-likeness (QED) is 0.667. The molecule has 1 aliphatic carbocycles. The fourth-order valence-corrected chi connectivity index (χ4v) is 3.20. The summed E-state index contributed by atoms with van der Waals surface area (Å²) in [6.07, 6.45) is 7.63. The van der Waals surface area contributed by atoms with Crippen LogP contribution < -0.4 is 0 Å². The van der Waals surface area contributed by atoms with Crippen LogP contribution >= 0.6 is 0 Å². The molecule has 1 aliphatic rings. The first kappa shape index (κ1) is 15.1. The van der Waals surface area contributed by atoms with Crippen LogP contribution in [0.1, 0.15) is 44.5 Å². The van der Waals surface area contributed by atoms with Crippen LogP contribution in [-0.4, -0.2) is 15.2 Å². The number of hydrogen-bond donors (Lipinski definition) is 1. The number of nitrogens with zero attached hydrogens (tertiary/aromatic N) is 2. The second kappa shape index (κ2) is 6.99. The molecule has 1 heterocycles. The second-order valence-corrected chi connectivity index (χ2v) is 6.24. The normalized spacial score (nSPS) is 23.2. The molecule has 1 saturated carbocycles. The highest BCUT2D eigenvalue weighted by molar-refractivity contribution is 5.60. The molecule has 22 heavy (non-hydrogen) atoms. The third kappa shape index (κ3) is 3.34. The van der Waals surface area contributed by atoms with Crippen molar-refractivity contribution in [1.29, 1.82) is 0 Å². The van der Waals surface area contributed by atoms with Crippen LogP contribution in [0.25, 0.3) is 11.1 Å². The fourth-order valence-electron chi connectivity index (χ4n) is 3.20. The van der Waals surface area contributed by atoms with Crippen LogP contribution in [0, 0.1) is 11.8 Å². The molecule has 1 N–H and O–H groups in total. The minimum Gasteiger partial charge on any atom is -0.251 e. The molecular weight excluding hydrogens is 276 g/mol. The molecule has 0 aliphatic heterocycles. The molecule has 0 spiro atoms. The third-order valence-electron chi connectivity index (χ3n) is 4.64. The maximum Gasteiger partial charge on any atom is 0.160 e. The molecule has 1 aromatic carbocycles. The predicted octanol–water partition coefficient (Wildman–Crippen LogP) is 4.50. The average Bonchev–Trinajstić information content (AvgIpc) is 2.59. The minimum atomic E-state index is -0.419. The van der Waals surface area contributed by atoms with Gasteiger partial charge in [-0.15, -0.1) is 0 Å². The lowest BCUT2D eigenvalue weighted by Crippen LogP contribution is -2.22. The Morgan fingerprint density at radius 2 is 1.64 bits per heavy atom. The summed E-state index contributed by atoms with van der Waals surface area (Å²) < 4.78 is 0. The molecular formula is C18H22N2O2. The first-order valence-electron chi connectivity index (χ1n) is 7.95. The van der Waals surface area contributed by atoms with Gasteiger partial charge in [0.25, 0.3) is 0 Å². The van der Waals surface area contributed by atoms with Crippen LogP contribution in [-0.2, 0) is 4.89 Å². The minimum absolute atomic E-state index is 0.295. The van der Waals surface area contributed by atoms with E-state index in [4.69, 9.17) is 4.89 Å². The molecule has 3 rings (SSSR count). The summed E-state index contributed by atoms with van der Waals surface area (Å²) >= 11 is 0. The van der Waals surface area contributed by atoms with E-state index in [1.54, 1.807) is 12.4 Å². The average molecular weight is 298 g/mol. The molecule has 4 heteroatoms. The Morgan fingerprint density at radius 1 is 1.00 bits per heavy atom. The molecule has 1 fully saturated rings. The fraction of sp³-hybridized carbons (Fsp3) is 0.444. The molecule has 1 unspecified atom stereocenters. The van der Waals surface area contributed by atoms with Gasteiger partial charge in [0.1, 0.15) is 0 Å². The van der Waals surface area contributed by atoms with E-state index in [9.17, 15) is 5.26 Å². The largest absolute Gasteiger partial charge is 0.251 e. The summed E-state index contributed by atoms with van der Waals surface area (Å²) in [5.74, 6) is 1.63. The number of rotatable bonds is 4. The predicted molar refractivity (Wildman–Crippen MR) is 85.0 cm³/mol. The van der Waals surface area contributed by atoms with Gasteiger partial charge >= 0.3 is 0 Å². The Morgan fingerprint density at radius 3 is 2.23 bits per heavy atom. The van der Waals surface area contributed by atoms with Crippen molar-refractivity contribution in [2.24, 2.45) is 11.8 Å². The van der Waals surface area contributed by atoms with Crippen LogP contribution in [0.5, 0.6) is 0 Å². The van der Waals surface area contributed by atoms with Crippen molar-refractivity contribution in [1.82, 2.24) is 9.97 Å². The lowest BCUT2D eigenvalue weighted by molar-refractivity contribution is -0.298. The van der Waals surface area contributed by atoms with Crippen LogP contribution in [0.4, 0.5) is 0 Å². The van der Waals surface area contributed by atoms with Gasteiger partial charge in [-0.3, -0.25) is 5.26 Å². The molecule has 0 bridgehead atoms. The zero-order valence-corrected chi connectivity index (χ0v) is 12.9. The van der Waals surface area contributed by atoms with Gasteiger partial charge in [-0.1, -0.05) is 50.1 Å². The Hall–Kier alpha value is -1.78. The molecule has 116 valence electrons. The van der Waals surface area contributed by atoms with Gasteiger partial charge < -0.3 is 0 Å². The van der Waals surface area contributed by atoms with E-state index >= 15 is 0 Å². The first-order chi connectivity index (χ1) is 10.8. The molecule has 0 amide bonds. The first-order valence-corrected chi connectivity index (χ1v) is 7.95. The van der Waals surface area contributed by atoms with Gasteiger partial charge in [0.2, 0.25) is 0 Å². The summed E-state index contributed by atoms with van der Waals surface area (Å²) in [6.45, 7) is 2.27. The van der Waals surface area contributed by atoms with E-state index in [-0.39, 0.29) is 0 Å². The number of hydrogen-bond acceptors (Lipinski definition) is 4. The molecule has 1 aromatic heterocycles. The van der Waals surface area contributed by atoms with E-state index in [0.29, 0.717) is 11.7 Å². The highest BCUT2D eigenvalue weighted by atomic mass is 17.1. The Kier molecular flexibility index (Phi) is 4.80. The van der Waals surface area contributed by atoms with Crippen LogP contribution in [0.15, 0.2) is 42.7 Å². The zero-order valence-electron chi connectivity index (χ0n) is 12.9. The van der Waals surface area contributed by atoms with E-state index in [1.807, 2.05) is 30.3 Å². The van der Waals surface area contributed by atoms with E-state index in [1.165, 1.54) is 12.8 Å². The zero-order chi connectivity index (χ0) is 15.4. The van der Waals surface area contributed by atoms with Gasteiger partial charge in [0, 0.05) is 18.0 Å².